The fraction of sp³-hybridized carbons (Fsp3) is 0.0556. The molecule has 3 aromatic rings. The van der Waals surface area contributed by atoms with Crippen molar-refractivity contribution < 1.29 is 17.2 Å². The van der Waals surface area contributed by atoms with Gasteiger partial charge < -0.3 is 0 Å². The highest BCUT2D eigenvalue weighted by Gasteiger charge is 2.16. The minimum absolute atomic E-state index is 0.366. The Kier molecular flexibility index (Phi) is 4.15. The lowest BCUT2D eigenvalue weighted by molar-refractivity contribution is 0.571. The van der Waals surface area contributed by atoms with Gasteiger partial charge in [0.1, 0.15) is 16.5 Å². The van der Waals surface area contributed by atoms with Crippen molar-refractivity contribution in [1.82, 2.24) is 4.98 Å². The third-order valence-electron chi connectivity index (χ3n) is 3.55. The Labute approximate surface area is 138 Å². The summed E-state index contributed by atoms with van der Waals surface area (Å²) in [6.45, 7) is 0. The SMILES string of the molecule is CS(=O)(=O)c1ccc(-c2ncccc2-c2cccc(F)c2)cc1F. The molecule has 0 N–H and O–H groups in total. The molecule has 0 saturated heterocycles. The normalized spacial score (nSPS) is 11.5. The quantitative estimate of drug-likeness (QED) is 0.718. The number of rotatable bonds is 3. The van der Waals surface area contributed by atoms with Gasteiger partial charge >= 0.3 is 0 Å². The minimum atomic E-state index is -3.65. The molecule has 0 aliphatic rings. The number of benzene rings is 2. The first kappa shape index (κ1) is 16.3. The molecule has 1 heterocycles. The van der Waals surface area contributed by atoms with Crippen LogP contribution in [0.3, 0.4) is 0 Å². The zero-order valence-corrected chi connectivity index (χ0v) is 13.5. The van der Waals surface area contributed by atoms with E-state index in [9.17, 15) is 17.2 Å². The van der Waals surface area contributed by atoms with Crippen LogP contribution in [0.4, 0.5) is 8.78 Å². The van der Waals surface area contributed by atoms with Gasteiger partial charge in [-0.25, -0.2) is 17.2 Å². The summed E-state index contributed by atoms with van der Waals surface area (Å²) in [5, 5.41) is 0. The maximum Gasteiger partial charge on any atom is 0.178 e. The Morgan fingerprint density at radius 2 is 1.71 bits per heavy atom. The van der Waals surface area contributed by atoms with Gasteiger partial charge in [-0.2, -0.15) is 0 Å². The van der Waals surface area contributed by atoms with Gasteiger partial charge in [0.25, 0.3) is 0 Å². The molecule has 0 amide bonds. The average Bonchev–Trinajstić information content (AvgIpc) is 2.53. The van der Waals surface area contributed by atoms with Crippen LogP contribution < -0.4 is 0 Å². The van der Waals surface area contributed by atoms with Crippen LogP contribution in [0.2, 0.25) is 0 Å². The van der Waals surface area contributed by atoms with E-state index in [-0.39, 0.29) is 10.7 Å². The summed E-state index contributed by atoms with van der Waals surface area (Å²) in [5.41, 5.74) is 2.09. The molecule has 0 unspecified atom stereocenters. The lowest BCUT2D eigenvalue weighted by Gasteiger charge is -2.10. The van der Waals surface area contributed by atoms with Crippen LogP contribution in [0, 0.1) is 11.6 Å². The van der Waals surface area contributed by atoms with Crippen molar-refractivity contribution in [2.75, 3.05) is 6.26 Å². The van der Waals surface area contributed by atoms with E-state index in [4.69, 9.17) is 0 Å². The van der Waals surface area contributed by atoms with E-state index in [1.807, 2.05) is 0 Å². The lowest BCUT2D eigenvalue weighted by atomic mass is 9.99. The van der Waals surface area contributed by atoms with Crippen molar-refractivity contribution in [3.05, 3.63) is 72.4 Å². The first-order chi connectivity index (χ1) is 11.4. The van der Waals surface area contributed by atoms with Gasteiger partial charge in [0.15, 0.2) is 9.84 Å². The second-order valence-corrected chi connectivity index (χ2v) is 7.31. The lowest BCUT2D eigenvalue weighted by Crippen LogP contribution is -2.01. The van der Waals surface area contributed by atoms with Crippen molar-refractivity contribution in [3.8, 4) is 22.4 Å². The minimum Gasteiger partial charge on any atom is -0.256 e. The summed E-state index contributed by atoms with van der Waals surface area (Å²) in [7, 11) is -3.65. The molecule has 0 saturated carbocycles. The van der Waals surface area contributed by atoms with Crippen LogP contribution in [0.1, 0.15) is 0 Å². The smallest absolute Gasteiger partial charge is 0.178 e. The summed E-state index contributed by atoms with van der Waals surface area (Å²) in [5.74, 6) is -1.23. The molecule has 24 heavy (non-hydrogen) atoms. The molecule has 1 aromatic heterocycles. The number of hydrogen-bond donors (Lipinski definition) is 0. The molecule has 0 fully saturated rings. The molecule has 0 aliphatic heterocycles. The topological polar surface area (TPSA) is 47.0 Å². The van der Waals surface area contributed by atoms with Gasteiger partial charge in [-0.05, 0) is 35.9 Å². The molecule has 0 radical (unpaired) electrons. The first-order valence-electron chi connectivity index (χ1n) is 7.07. The number of sulfone groups is 1. The molecule has 0 aliphatic carbocycles. The summed E-state index contributed by atoms with van der Waals surface area (Å²) < 4.78 is 50.7. The van der Waals surface area contributed by atoms with Crippen molar-refractivity contribution >= 4 is 9.84 Å². The van der Waals surface area contributed by atoms with E-state index < -0.39 is 15.7 Å². The van der Waals surface area contributed by atoms with Crippen LogP contribution in [0.25, 0.3) is 22.4 Å². The van der Waals surface area contributed by atoms with E-state index >= 15 is 0 Å². The van der Waals surface area contributed by atoms with E-state index in [0.717, 1.165) is 12.3 Å². The molecule has 0 atom stereocenters. The third kappa shape index (κ3) is 3.19. The molecule has 3 rings (SSSR count). The van der Waals surface area contributed by atoms with Gasteiger partial charge in [0.05, 0.1) is 5.69 Å². The van der Waals surface area contributed by atoms with Gasteiger partial charge in [-0.15, -0.1) is 0 Å². The van der Waals surface area contributed by atoms with Crippen LogP contribution in [-0.4, -0.2) is 19.7 Å². The highest BCUT2D eigenvalue weighted by Crippen LogP contribution is 2.31. The van der Waals surface area contributed by atoms with Crippen LogP contribution >= 0.6 is 0 Å². The largest absolute Gasteiger partial charge is 0.256 e. The van der Waals surface area contributed by atoms with Crippen LogP contribution in [-0.2, 0) is 9.84 Å². The molecular formula is C18H13F2NO2S. The number of nitrogens with zero attached hydrogens (tertiary/aromatic N) is 1. The van der Waals surface area contributed by atoms with Crippen molar-refractivity contribution in [1.29, 1.82) is 0 Å². The van der Waals surface area contributed by atoms with Crippen molar-refractivity contribution in [2.45, 2.75) is 4.90 Å². The number of hydrogen-bond acceptors (Lipinski definition) is 3. The fourth-order valence-corrected chi connectivity index (χ4v) is 3.20. The standard InChI is InChI=1S/C18H13F2NO2S/c1-24(22,23)17-8-7-13(11-16(17)20)18-15(6-3-9-21-18)12-4-2-5-14(19)10-12/h2-11H,1H3. The second kappa shape index (κ2) is 6.13. The van der Waals surface area contributed by atoms with Crippen LogP contribution in [0.5, 0.6) is 0 Å². The number of aromatic nitrogens is 1. The number of halogens is 2. The zero-order chi connectivity index (χ0) is 17.3. The first-order valence-corrected chi connectivity index (χ1v) is 8.96. The summed E-state index contributed by atoms with van der Waals surface area (Å²) >= 11 is 0. The van der Waals surface area contributed by atoms with Gasteiger partial charge in [-0.3, -0.25) is 4.98 Å². The predicted molar refractivity (Wildman–Crippen MR) is 88.1 cm³/mol. The third-order valence-corrected chi connectivity index (χ3v) is 4.68. The maximum atomic E-state index is 14.2. The Hall–Kier alpha value is -2.60. The van der Waals surface area contributed by atoms with E-state index in [1.54, 1.807) is 30.5 Å². The van der Waals surface area contributed by atoms with Crippen LogP contribution in [0.15, 0.2) is 65.7 Å². The summed E-state index contributed by atoms with van der Waals surface area (Å²) in [4.78, 5) is 3.88. The van der Waals surface area contributed by atoms with Gasteiger partial charge in [0, 0.05) is 23.6 Å². The van der Waals surface area contributed by atoms with E-state index in [1.165, 1.54) is 24.3 Å². The molecular weight excluding hydrogens is 332 g/mol. The summed E-state index contributed by atoms with van der Waals surface area (Å²) in [6, 6.07) is 13.3. The summed E-state index contributed by atoms with van der Waals surface area (Å²) in [6.07, 6.45) is 2.49. The molecule has 122 valence electrons. The molecule has 0 spiro atoms. The highest BCUT2D eigenvalue weighted by molar-refractivity contribution is 7.90. The second-order valence-electron chi connectivity index (χ2n) is 5.33. The Morgan fingerprint density at radius 1 is 0.917 bits per heavy atom. The average molecular weight is 345 g/mol. The fourth-order valence-electron chi connectivity index (χ4n) is 2.47. The Balaban J connectivity index is 2.16. The van der Waals surface area contributed by atoms with E-state index in [0.29, 0.717) is 22.4 Å². The number of pyridine rings is 1. The molecule has 3 nitrogen and oxygen atoms in total. The molecule has 6 heteroatoms. The monoisotopic (exact) mass is 345 g/mol. The maximum absolute atomic E-state index is 14.2. The van der Waals surface area contributed by atoms with Gasteiger partial charge in [0.2, 0.25) is 0 Å². The van der Waals surface area contributed by atoms with Crippen molar-refractivity contribution in [2.24, 2.45) is 0 Å². The highest BCUT2D eigenvalue weighted by atomic mass is 32.2. The zero-order valence-electron chi connectivity index (χ0n) is 12.7. The predicted octanol–water partition coefficient (Wildman–Crippen LogP) is 4.10. The van der Waals surface area contributed by atoms with Gasteiger partial charge in [-0.1, -0.05) is 24.3 Å². The van der Waals surface area contributed by atoms with E-state index in [2.05, 4.69) is 4.98 Å². The molecule has 2 aromatic carbocycles. The Morgan fingerprint density at radius 3 is 2.38 bits per heavy atom. The molecule has 0 bridgehead atoms. The Bertz CT molecular complexity index is 1020. The van der Waals surface area contributed by atoms with Crippen molar-refractivity contribution in [3.63, 3.8) is 0 Å².